The van der Waals surface area contributed by atoms with E-state index < -0.39 is 0 Å². The van der Waals surface area contributed by atoms with Crippen molar-refractivity contribution in [1.82, 2.24) is 9.59 Å². The molecule has 0 aliphatic rings. The molecule has 0 bridgehead atoms. The zero-order valence-electron chi connectivity index (χ0n) is 8.32. The van der Waals surface area contributed by atoms with E-state index in [9.17, 15) is 5.11 Å². The Morgan fingerprint density at radius 1 is 1.46 bits per heavy atom. The third-order valence-corrected chi connectivity index (χ3v) is 3.21. The van der Waals surface area contributed by atoms with Crippen LogP contribution < -0.4 is 0 Å². The molecule has 0 spiro atoms. The highest BCUT2D eigenvalue weighted by Gasteiger charge is 2.20. The van der Waals surface area contributed by atoms with Gasteiger partial charge in [0.2, 0.25) is 0 Å². The van der Waals surface area contributed by atoms with Crippen molar-refractivity contribution < 1.29 is 5.11 Å². The molecule has 0 aliphatic heterocycles. The van der Waals surface area contributed by atoms with Crippen LogP contribution in [0.3, 0.4) is 0 Å². The minimum absolute atomic E-state index is 0.285. The predicted molar refractivity (Wildman–Crippen MR) is 53.7 cm³/mol. The van der Waals surface area contributed by atoms with Crippen molar-refractivity contribution in [2.24, 2.45) is 5.92 Å². The molecule has 0 aliphatic carbocycles. The highest BCUT2D eigenvalue weighted by Crippen LogP contribution is 2.28. The Balaban J connectivity index is 2.81. The van der Waals surface area contributed by atoms with Gasteiger partial charge in [-0.1, -0.05) is 31.7 Å². The molecule has 0 saturated carbocycles. The monoisotopic (exact) mass is 200 g/mol. The first-order chi connectivity index (χ1) is 6.20. The van der Waals surface area contributed by atoms with E-state index in [-0.39, 0.29) is 12.0 Å². The van der Waals surface area contributed by atoms with Gasteiger partial charge in [0.1, 0.15) is 0 Å². The topological polar surface area (TPSA) is 46.0 Å². The quantitative estimate of drug-likeness (QED) is 0.810. The van der Waals surface area contributed by atoms with Gasteiger partial charge in [0.05, 0.1) is 16.7 Å². The molecule has 1 heterocycles. The van der Waals surface area contributed by atoms with Crippen molar-refractivity contribution >= 4 is 11.5 Å². The lowest BCUT2D eigenvalue weighted by Crippen LogP contribution is -2.08. The molecule has 3 nitrogen and oxygen atoms in total. The van der Waals surface area contributed by atoms with Crippen LogP contribution in [-0.4, -0.2) is 14.7 Å². The second kappa shape index (κ2) is 4.67. The number of hydrogen-bond acceptors (Lipinski definition) is 4. The predicted octanol–water partition coefficient (Wildman–Crippen LogP) is 2.18. The molecule has 13 heavy (non-hydrogen) atoms. The highest BCUT2D eigenvalue weighted by atomic mass is 32.1. The summed E-state index contributed by atoms with van der Waals surface area (Å²) in [6, 6.07) is 0. The van der Waals surface area contributed by atoms with Gasteiger partial charge in [-0.05, 0) is 23.9 Å². The van der Waals surface area contributed by atoms with Crippen molar-refractivity contribution in [2.45, 2.75) is 39.7 Å². The van der Waals surface area contributed by atoms with Crippen molar-refractivity contribution in [3.05, 3.63) is 10.6 Å². The van der Waals surface area contributed by atoms with Crippen LogP contribution in [0, 0.1) is 5.92 Å². The van der Waals surface area contributed by atoms with E-state index in [4.69, 9.17) is 0 Å². The van der Waals surface area contributed by atoms with E-state index in [1.807, 2.05) is 13.8 Å². The van der Waals surface area contributed by atoms with Crippen LogP contribution in [0.1, 0.15) is 43.9 Å². The molecule has 0 radical (unpaired) electrons. The van der Waals surface area contributed by atoms with Gasteiger partial charge in [-0.3, -0.25) is 0 Å². The number of nitrogens with zero attached hydrogens (tertiary/aromatic N) is 2. The van der Waals surface area contributed by atoms with Crippen LogP contribution in [0.4, 0.5) is 0 Å². The SMILES string of the molecule is CCc1nnsc1C(O)C(C)CC. The molecule has 0 amide bonds. The summed E-state index contributed by atoms with van der Waals surface area (Å²) in [5.41, 5.74) is 0.942. The van der Waals surface area contributed by atoms with Crippen molar-refractivity contribution in [3.63, 3.8) is 0 Å². The summed E-state index contributed by atoms with van der Waals surface area (Å²) in [6.45, 7) is 6.15. The van der Waals surface area contributed by atoms with Gasteiger partial charge in [-0.25, -0.2) is 0 Å². The van der Waals surface area contributed by atoms with Gasteiger partial charge < -0.3 is 5.11 Å². The van der Waals surface area contributed by atoms with Crippen molar-refractivity contribution in [3.8, 4) is 0 Å². The van der Waals surface area contributed by atoms with E-state index in [0.29, 0.717) is 0 Å². The Kier molecular flexibility index (Phi) is 3.81. The molecule has 4 heteroatoms. The minimum atomic E-state index is -0.389. The van der Waals surface area contributed by atoms with Gasteiger partial charge in [-0.15, -0.1) is 5.10 Å². The summed E-state index contributed by atoms with van der Waals surface area (Å²) in [5.74, 6) is 0.285. The number of aliphatic hydroxyl groups excluding tert-OH is 1. The Hall–Kier alpha value is -0.480. The third-order valence-electron chi connectivity index (χ3n) is 2.37. The van der Waals surface area contributed by atoms with Gasteiger partial charge >= 0.3 is 0 Å². The summed E-state index contributed by atoms with van der Waals surface area (Å²) < 4.78 is 3.86. The Morgan fingerprint density at radius 2 is 2.15 bits per heavy atom. The molecule has 2 atom stereocenters. The standard InChI is InChI=1S/C9H16N2OS/c1-4-6(3)8(12)9-7(5-2)10-11-13-9/h6,8,12H,4-5H2,1-3H3. The van der Waals surface area contributed by atoms with Gasteiger partial charge in [0.25, 0.3) is 0 Å². The molecule has 2 unspecified atom stereocenters. The largest absolute Gasteiger partial charge is 0.387 e. The number of aryl methyl sites for hydroxylation is 1. The van der Waals surface area contributed by atoms with Crippen molar-refractivity contribution in [2.75, 3.05) is 0 Å². The first kappa shape index (κ1) is 10.6. The molecule has 1 N–H and O–H groups in total. The molecule has 0 fully saturated rings. The summed E-state index contributed by atoms with van der Waals surface area (Å²) in [7, 11) is 0. The fourth-order valence-electron chi connectivity index (χ4n) is 1.17. The van der Waals surface area contributed by atoms with E-state index in [2.05, 4.69) is 16.5 Å². The number of aromatic nitrogens is 2. The maximum atomic E-state index is 9.92. The lowest BCUT2D eigenvalue weighted by molar-refractivity contribution is 0.118. The molecule has 1 aromatic heterocycles. The van der Waals surface area contributed by atoms with Crippen LogP contribution in [-0.2, 0) is 6.42 Å². The summed E-state index contributed by atoms with van der Waals surface area (Å²) in [6.07, 6.45) is 1.43. The van der Waals surface area contributed by atoms with Gasteiger partial charge in [0.15, 0.2) is 0 Å². The molecule has 74 valence electrons. The van der Waals surface area contributed by atoms with Crippen LogP contribution in [0.5, 0.6) is 0 Å². The fraction of sp³-hybridized carbons (Fsp3) is 0.778. The van der Waals surface area contributed by atoms with Gasteiger partial charge in [0, 0.05) is 0 Å². The number of hydrogen-bond donors (Lipinski definition) is 1. The lowest BCUT2D eigenvalue weighted by Gasteiger charge is -2.15. The van der Waals surface area contributed by atoms with E-state index in [0.717, 1.165) is 23.4 Å². The smallest absolute Gasteiger partial charge is 0.0942 e. The normalized spacial score (nSPS) is 15.7. The average molecular weight is 200 g/mol. The fourth-order valence-corrected chi connectivity index (χ4v) is 2.03. The molecular formula is C9H16N2OS. The van der Waals surface area contributed by atoms with Crippen molar-refractivity contribution in [1.29, 1.82) is 0 Å². The first-order valence-corrected chi connectivity index (χ1v) is 5.47. The zero-order valence-corrected chi connectivity index (χ0v) is 9.14. The summed E-state index contributed by atoms with van der Waals surface area (Å²) >= 11 is 1.31. The van der Waals surface area contributed by atoms with Crippen LogP contribution in [0.15, 0.2) is 0 Å². The molecule has 1 rings (SSSR count). The number of rotatable bonds is 4. The maximum absolute atomic E-state index is 9.92. The van der Waals surface area contributed by atoms with Gasteiger partial charge in [-0.2, -0.15) is 0 Å². The first-order valence-electron chi connectivity index (χ1n) is 4.69. The van der Waals surface area contributed by atoms with E-state index >= 15 is 0 Å². The Morgan fingerprint density at radius 3 is 2.69 bits per heavy atom. The highest BCUT2D eigenvalue weighted by molar-refractivity contribution is 7.05. The van der Waals surface area contributed by atoms with E-state index in [1.54, 1.807) is 0 Å². The summed E-state index contributed by atoms with van der Waals surface area (Å²) in [5, 5.41) is 13.9. The molecule has 0 saturated heterocycles. The Labute approximate surface area is 83.0 Å². The number of aliphatic hydroxyl groups is 1. The van der Waals surface area contributed by atoms with Crippen LogP contribution >= 0.6 is 11.5 Å². The zero-order chi connectivity index (χ0) is 9.84. The van der Waals surface area contributed by atoms with E-state index in [1.165, 1.54) is 11.5 Å². The molecular weight excluding hydrogens is 184 g/mol. The minimum Gasteiger partial charge on any atom is -0.387 e. The summed E-state index contributed by atoms with van der Waals surface area (Å²) in [4.78, 5) is 0.942. The third kappa shape index (κ3) is 2.25. The lowest BCUT2D eigenvalue weighted by atomic mass is 9.99. The molecule has 0 aromatic carbocycles. The Bertz CT molecular complexity index is 262. The second-order valence-corrected chi connectivity index (χ2v) is 4.05. The van der Waals surface area contributed by atoms with Crippen LogP contribution in [0.2, 0.25) is 0 Å². The maximum Gasteiger partial charge on any atom is 0.0942 e. The second-order valence-electron chi connectivity index (χ2n) is 3.27. The average Bonchev–Trinajstić information content (AvgIpc) is 2.62. The molecule has 1 aromatic rings. The van der Waals surface area contributed by atoms with Crippen LogP contribution in [0.25, 0.3) is 0 Å².